The zero-order valence-corrected chi connectivity index (χ0v) is 16.2. The molecule has 0 bridgehead atoms. The van der Waals surface area contributed by atoms with Crippen LogP contribution in [-0.2, 0) is 0 Å². The summed E-state index contributed by atoms with van der Waals surface area (Å²) < 4.78 is 2.35. The highest BCUT2D eigenvalue weighted by Gasteiger charge is 2.16. The predicted octanol–water partition coefficient (Wildman–Crippen LogP) is 7.88. The van der Waals surface area contributed by atoms with Crippen LogP contribution < -0.4 is 0 Å². The summed E-state index contributed by atoms with van der Waals surface area (Å²) >= 11 is 12.6. The summed E-state index contributed by atoms with van der Waals surface area (Å²) in [5.74, 6) is 0. The van der Waals surface area contributed by atoms with E-state index in [1.165, 1.54) is 37.9 Å². The van der Waals surface area contributed by atoms with Gasteiger partial charge in [-0.15, -0.1) is 34.0 Å². The van der Waals surface area contributed by atoms with Crippen molar-refractivity contribution in [2.24, 2.45) is 0 Å². The second-order valence-electron chi connectivity index (χ2n) is 4.51. The van der Waals surface area contributed by atoms with E-state index >= 15 is 0 Å². The molecule has 5 heteroatoms. The maximum Gasteiger partial charge on any atom is 0.0705 e. The van der Waals surface area contributed by atoms with Gasteiger partial charge in [-0.2, -0.15) is 0 Å². The van der Waals surface area contributed by atoms with Crippen LogP contribution in [0.5, 0.6) is 0 Å². The van der Waals surface area contributed by atoms with Crippen LogP contribution in [0.2, 0.25) is 0 Å². The molecule has 21 heavy (non-hydrogen) atoms. The second-order valence-corrected chi connectivity index (χ2v) is 10.5. The summed E-state index contributed by atoms with van der Waals surface area (Å²) in [5.41, 5.74) is 0. The Kier molecular flexibility index (Phi) is 3.79. The van der Waals surface area contributed by atoms with E-state index in [4.69, 9.17) is 0 Å². The molecule has 0 amide bonds. The molecule has 0 aliphatic carbocycles. The van der Waals surface area contributed by atoms with Crippen LogP contribution in [0.4, 0.5) is 0 Å². The molecular formula is C16H8Br2S3. The first kappa shape index (κ1) is 14.2. The molecule has 4 rings (SSSR count). The van der Waals surface area contributed by atoms with E-state index in [-0.39, 0.29) is 0 Å². The molecule has 0 aliphatic rings. The summed E-state index contributed by atoms with van der Waals surface area (Å²) in [6, 6.07) is 17.3. The van der Waals surface area contributed by atoms with E-state index in [1.807, 2.05) is 11.3 Å². The van der Waals surface area contributed by atoms with Crippen molar-refractivity contribution >= 4 is 76.6 Å². The molecule has 0 radical (unpaired) electrons. The van der Waals surface area contributed by atoms with Gasteiger partial charge in [-0.25, -0.2) is 0 Å². The Morgan fingerprint density at radius 1 is 0.571 bits per heavy atom. The minimum absolute atomic E-state index is 1.18. The molecular weight excluding hydrogens is 448 g/mol. The standard InChI is InChI=1S/C16H8Br2S3/c17-13-7-5-11(19-13)15-9-3-1-2-4-10(9)16(21-15)12-6-8-14(18)20-12/h1-8H. The molecule has 0 spiro atoms. The molecule has 0 fully saturated rings. The highest BCUT2D eigenvalue weighted by molar-refractivity contribution is 9.11. The van der Waals surface area contributed by atoms with E-state index in [9.17, 15) is 0 Å². The van der Waals surface area contributed by atoms with Crippen molar-refractivity contribution in [1.82, 2.24) is 0 Å². The third kappa shape index (κ3) is 2.55. The summed E-state index contributed by atoms with van der Waals surface area (Å²) in [6.07, 6.45) is 0. The van der Waals surface area contributed by atoms with Gasteiger partial charge in [0.25, 0.3) is 0 Å². The van der Waals surface area contributed by atoms with Gasteiger partial charge in [-0.3, -0.25) is 0 Å². The van der Waals surface area contributed by atoms with Crippen molar-refractivity contribution in [1.29, 1.82) is 0 Å². The molecule has 104 valence electrons. The molecule has 0 N–H and O–H groups in total. The van der Waals surface area contributed by atoms with Crippen LogP contribution in [0.25, 0.3) is 30.3 Å². The third-order valence-electron chi connectivity index (χ3n) is 3.21. The fourth-order valence-corrected chi connectivity index (χ4v) is 6.63. The van der Waals surface area contributed by atoms with Gasteiger partial charge in [-0.05, 0) is 56.1 Å². The fourth-order valence-electron chi connectivity index (χ4n) is 2.33. The SMILES string of the molecule is Brc1ccc(-c2sc(-c3ccc(Br)s3)c3ccccc23)s1. The quantitative estimate of drug-likeness (QED) is 0.288. The van der Waals surface area contributed by atoms with E-state index in [2.05, 4.69) is 80.4 Å². The predicted molar refractivity (Wildman–Crippen MR) is 104 cm³/mol. The zero-order chi connectivity index (χ0) is 14.4. The lowest BCUT2D eigenvalue weighted by Gasteiger charge is -1.94. The Bertz CT molecular complexity index is 856. The minimum atomic E-state index is 1.18. The van der Waals surface area contributed by atoms with Gasteiger partial charge in [0, 0.05) is 20.5 Å². The maximum absolute atomic E-state index is 3.57. The largest absolute Gasteiger partial charge is 0.132 e. The van der Waals surface area contributed by atoms with Gasteiger partial charge in [0.1, 0.15) is 0 Å². The Morgan fingerprint density at radius 3 is 1.43 bits per heavy atom. The Balaban J connectivity index is 2.01. The van der Waals surface area contributed by atoms with Crippen molar-refractivity contribution < 1.29 is 0 Å². The van der Waals surface area contributed by atoms with Gasteiger partial charge in [-0.1, -0.05) is 24.3 Å². The minimum Gasteiger partial charge on any atom is -0.132 e. The average molecular weight is 456 g/mol. The Morgan fingerprint density at radius 2 is 1.05 bits per heavy atom. The first-order chi connectivity index (χ1) is 10.2. The molecule has 0 saturated carbocycles. The molecule has 0 aliphatic heterocycles. The molecule has 0 nitrogen and oxygen atoms in total. The summed E-state index contributed by atoms with van der Waals surface area (Å²) in [7, 11) is 0. The number of hydrogen-bond acceptors (Lipinski definition) is 3. The van der Waals surface area contributed by atoms with Gasteiger partial charge in [0.05, 0.1) is 17.3 Å². The van der Waals surface area contributed by atoms with Crippen molar-refractivity contribution in [2.75, 3.05) is 0 Å². The Hall–Kier alpha value is -0.460. The van der Waals surface area contributed by atoms with Gasteiger partial charge >= 0.3 is 0 Å². The van der Waals surface area contributed by atoms with E-state index in [0.29, 0.717) is 0 Å². The first-order valence-corrected chi connectivity index (χ1v) is 10.3. The van der Waals surface area contributed by atoms with E-state index in [1.54, 1.807) is 22.7 Å². The van der Waals surface area contributed by atoms with E-state index < -0.39 is 0 Å². The topological polar surface area (TPSA) is 0 Å². The van der Waals surface area contributed by atoms with Gasteiger partial charge < -0.3 is 0 Å². The van der Waals surface area contributed by atoms with Gasteiger partial charge in [0.2, 0.25) is 0 Å². The lowest BCUT2D eigenvalue weighted by Crippen LogP contribution is -1.68. The number of thiophene rings is 3. The van der Waals surface area contributed by atoms with Gasteiger partial charge in [0.15, 0.2) is 0 Å². The Labute approximate surface area is 151 Å². The summed E-state index contributed by atoms with van der Waals surface area (Å²) in [4.78, 5) is 5.37. The number of rotatable bonds is 2. The van der Waals surface area contributed by atoms with Crippen molar-refractivity contribution in [3.8, 4) is 19.5 Å². The third-order valence-corrected chi connectivity index (χ3v) is 8.04. The number of hydrogen-bond donors (Lipinski definition) is 0. The van der Waals surface area contributed by atoms with Crippen LogP contribution >= 0.6 is 65.9 Å². The number of fused-ring (bicyclic) bond motifs is 1. The summed E-state index contributed by atoms with van der Waals surface area (Å²) in [6.45, 7) is 0. The zero-order valence-electron chi connectivity index (χ0n) is 10.6. The lowest BCUT2D eigenvalue weighted by molar-refractivity contribution is 1.83. The lowest BCUT2D eigenvalue weighted by atomic mass is 10.1. The smallest absolute Gasteiger partial charge is 0.0705 e. The van der Waals surface area contributed by atoms with Crippen molar-refractivity contribution in [3.63, 3.8) is 0 Å². The van der Waals surface area contributed by atoms with Crippen LogP contribution in [0.1, 0.15) is 0 Å². The highest BCUT2D eigenvalue weighted by atomic mass is 79.9. The number of benzene rings is 1. The number of halogens is 2. The average Bonchev–Trinajstić information content (AvgIpc) is 3.17. The fraction of sp³-hybridized carbons (Fsp3) is 0. The van der Waals surface area contributed by atoms with Crippen LogP contribution in [-0.4, -0.2) is 0 Å². The van der Waals surface area contributed by atoms with Crippen LogP contribution in [0.15, 0.2) is 56.1 Å². The van der Waals surface area contributed by atoms with Crippen molar-refractivity contribution in [2.45, 2.75) is 0 Å². The molecule has 0 saturated heterocycles. The maximum atomic E-state index is 3.57. The normalized spacial score (nSPS) is 11.3. The first-order valence-electron chi connectivity index (χ1n) is 6.25. The molecule has 0 atom stereocenters. The van der Waals surface area contributed by atoms with Crippen LogP contribution in [0.3, 0.4) is 0 Å². The molecule has 3 aromatic heterocycles. The monoisotopic (exact) mass is 454 g/mol. The molecule has 1 aromatic carbocycles. The highest BCUT2D eigenvalue weighted by Crippen LogP contribution is 2.48. The molecule has 0 unspecified atom stereocenters. The van der Waals surface area contributed by atoms with Crippen molar-refractivity contribution in [3.05, 3.63) is 56.1 Å². The molecule has 3 heterocycles. The van der Waals surface area contributed by atoms with Crippen LogP contribution in [0, 0.1) is 0 Å². The summed E-state index contributed by atoms with van der Waals surface area (Å²) in [5, 5.41) is 2.69. The van der Waals surface area contributed by atoms with E-state index in [0.717, 1.165) is 0 Å². The molecule has 4 aromatic rings. The second kappa shape index (κ2) is 5.63.